The molecule has 0 unspecified atom stereocenters. The van der Waals surface area contributed by atoms with Crippen molar-refractivity contribution in [2.45, 2.75) is 52.5 Å². The van der Waals surface area contributed by atoms with Crippen LogP contribution < -0.4 is 0 Å². The van der Waals surface area contributed by atoms with Gasteiger partial charge in [0.05, 0.1) is 5.41 Å². The largest absolute Gasteiger partial charge is 0.342 e. The van der Waals surface area contributed by atoms with Crippen LogP contribution in [-0.2, 0) is 16.1 Å². The van der Waals surface area contributed by atoms with Gasteiger partial charge in [0.2, 0.25) is 11.8 Å². The second kappa shape index (κ2) is 7.95. The van der Waals surface area contributed by atoms with Crippen molar-refractivity contribution in [3.63, 3.8) is 0 Å². The van der Waals surface area contributed by atoms with Crippen molar-refractivity contribution in [3.05, 3.63) is 35.4 Å². The Morgan fingerprint density at radius 1 is 1.19 bits per heavy atom. The average Bonchev–Trinajstić information content (AvgIpc) is 3.05. The Kier molecular flexibility index (Phi) is 5.82. The van der Waals surface area contributed by atoms with E-state index < -0.39 is 17.0 Å². The van der Waals surface area contributed by atoms with Crippen molar-refractivity contribution < 1.29 is 18.4 Å². The zero-order chi connectivity index (χ0) is 19.6. The Labute approximate surface area is 159 Å². The molecule has 0 radical (unpaired) electrons. The molecule has 4 nitrogen and oxygen atoms in total. The maximum Gasteiger partial charge on any atom is 0.230 e. The highest BCUT2D eigenvalue weighted by Crippen LogP contribution is 2.40. The molecule has 0 N–H and O–H groups in total. The highest BCUT2D eigenvalue weighted by atomic mass is 19.2. The highest BCUT2D eigenvalue weighted by molar-refractivity contribution is 5.86. The summed E-state index contributed by atoms with van der Waals surface area (Å²) in [6, 6.07) is 3.77. The third-order valence-electron chi connectivity index (χ3n) is 5.82. The minimum atomic E-state index is -0.894. The summed E-state index contributed by atoms with van der Waals surface area (Å²) in [7, 11) is 0. The molecule has 0 aliphatic carbocycles. The van der Waals surface area contributed by atoms with Crippen LogP contribution in [-0.4, -0.2) is 41.2 Å². The van der Waals surface area contributed by atoms with Crippen LogP contribution in [0, 0.1) is 23.0 Å². The van der Waals surface area contributed by atoms with E-state index in [-0.39, 0.29) is 18.4 Å². The number of carbonyl (C=O) groups is 2. The lowest BCUT2D eigenvalue weighted by Crippen LogP contribution is -2.50. The lowest BCUT2D eigenvalue weighted by Gasteiger charge is -2.39. The van der Waals surface area contributed by atoms with Crippen molar-refractivity contribution in [1.29, 1.82) is 0 Å². The number of piperidine rings is 1. The topological polar surface area (TPSA) is 40.6 Å². The van der Waals surface area contributed by atoms with Crippen molar-refractivity contribution in [2.75, 3.05) is 19.6 Å². The van der Waals surface area contributed by atoms with Gasteiger partial charge in [0.1, 0.15) is 0 Å². The van der Waals surface area contributed by atoms with Gasteiger partial charge in [0, 0.05) is 32.6 Å². The van der Waals surface area contributed by atoms with Gasteiger partial charge in [-0.25, -0.2) is 8.78 Å². The van der Waals surface area contributed by atoms with Gasteiger partial charge in [-0.3, -0.25) is 9.59 Å². The van der Waals surface area contributed by atoms with Crippen LogP contribution in [0.3, 0.4) is 0 Å². The normalized spacial score (nSPS) is 22.9. The smallest absolute Gasteiger partial charge is 0.230 e. The molecule has 1 atom stereocenters. The molecule has 1 aromatic rings. The molecule has 27 heavy (non-hydrogen) atoms. The van der Waals surface area contributed by atoms with Crippen LogP contribution in [0.1, 0.15) is 51.5 Å². The van der Waals surface area contributed by atoms with Crippen molar-refractivity contribution >= 4 is 11.8 Å². The first kappa shape index (κ1) is 19.8. The summed E-state index contributed by atoms with van der Waals surface area (Å²) in [4.78, 5) is 29.2. The Balaban J connectivity index is 1.66. The van der Waals surface area contributed by atoms with Crippen LogP contribution in [0.25, 0.3) is 0 Å². The van der Waals surface area contributed by atoms with Crippen LogP contribution in [0.4, 0.5) is 8.78 Å². The van der Waals surface area contributed by atoms with E-state index in [0.29, 0.717) is 44.0 Å². The second-order valence-corrected chi connectivity index (χ2v) is 8.36. The number of rotatable bonds is 5. The second-order valence-electron chi connectivity index (χ2n) is 8.36. The van der Waals surface area contributed by atoms with Crippen molar-refractivity contribution in [1.82, 2.24) is 9.80 Å². The van der Waals surface area contributed by atoms with Crippen LogP contribution >= 0.6 is 0 Å². The minimum Gasteiger partial charge on any atom is -0.342 e. The first-order valence-corrected chi connectivity index (χ1v) is 9.82. The summed E-state index contributed by atoms with van der Waals surface area (Å²) in [5.74, 6) is -1.13. The third kappa shape index (κ3) is 4.30. The molecule has 2 saturated heterocycles. The number of hydrogen-bond acceptors (Lipinski definition) is 2. The molecule has 2 fully saturated rings. The third-order valence-corrected chi connectivity index (χ3v) is 5.82. The van der Waals surface area contributed by atoms with E-state index in [0.717, 1.165) is 31.4 Å². The molecule has 1 spiro atoms. The summed E-state index contributed by atoms with van der Waals surface area (Å²) >= 11 is 0. The number of amides is 2. The molecule has 2 aliphatic heterocycles. The Morgan fingerprint density at radius 2 is 1.96 bits per heavy atom. The predicted molar refractivity (Wildman–Crippen MR) is 98.7 cm³/mol. The minimum absolute atomic E-state index is 0.0395. The van der Waals surface area contributed by atoms with E-state index in [1.807, 2.05) is 4.90 Å². The summed E-state index contributed by atoms with van der Waals surface area (Å²) in [6.07, 6.45) is 3.73. The molecule has 2 aliphatic rings. The maximum absolute atomic E-state index is 13.5. The SMILES string of the molecule is CC(C)CCC(=O)N1CC[C@]2(CCCN(Cc3ccc(F)c(F)c3)C2=O)C1. The molecule has 0 bridgehead atoms. The Morgan fingerprint density at radius 3 is 2.67 bits per heavy atom. The summed E-state index contributed by atoms with van der Waals surface area (Å²) in [5.41, 5.74) is 0.0757. The van der Waals surface area contributed by atoms with E-state index in [9.17, 15) is 18.4 Å². The highest BCUT2D eigenvalue weighted by Gasteiger charge is 2.49. The van der Waals surface area contributed by atoms with E-state index >= 15 is 0 Å². The lowest BCUT2D eigenvalue weighted by atomic mass is 9.78. The number of nitrogens with zero attached hydrogens (tertiary/aromatic N) is 2. The molecule has 0 saturated carbocycles. The van der Waals surface area contributed by atoms with Gasteiger partial charge in [-0.05, 0) is 49.3 Å². The summed E-state index contributed by atoms with van der Waals surface area (Å²) < 4.78 is 26.6. The zero-order valence-corrected chi connectivity index (χ0v) is 16.1. The van der Waals surface area contributed by atoms with Crippen LogP contribution in [0.5, 0.6) is 0 Å². The summed E-state index contributed by atoms with van der Waals surface area (Å²) in [6.45, 7) is 6.19. The van der Waals surface area contributed by atoms with E-state index in [4.69, 9.17) is 0 Å². The molecular formula is C21H28F2N2O2. The van der Waals surface area contributed by atoms with Crippen LogP contribution in [0.15, 0.2) is 18.2 Å². The molecule has 0 aromatic heterocycles. The lowest BCUT2D eigenvalue weighted by molar-refractivity contribution is -0.146. The number of hydrogen-bond donors (Lipinski definition) is 0. The van der Waals surface area contributed by atoms with Gasteiger partial charge in [-0.15, -0.1) is 0 Å². The van der Waals surface area contributed by atoms with E-state index in [1.165, 1.54) is 6.07 Å². The fourth-order valence-corrected chi connectivity index (χ4v) is 4.20. The van der Waals surface area contributed by atoms with Gasteiger partial charge in [-0.2, -0.15) is 0 Å². The number of likely N-dealkylation sites (tertiary alicyclic amines) is 2. The molecule has 2 amide bonds. The first-order valence-electron chi connectivity index (χ1n) is 9.82. The Bertz CT molecular complexity index is 722. The van der Waals surface area contributed by atoms with Gasteiger partial charge < -0.3 is 9.80 Å². The standard InChI is InChI=1S/C21H28F2N2O2/c1-15(2)4-7-19(26)25-11-9-21(14-25)8-3-10-24(20(21)27)13-16-5-6-17(22)18(23)12-16/h5-6,12,15H,3-4,7-11,13-14H2,1-2H3/t21-/m1/s1. The van der Waals surface area contributed by atoms with Gasteiger partial charge in [-0.1, -0.05) is 19.9 Å². The monoisotopic (exact) mass is 378 g/mol. The van der Waals surface area contributed by atoms with E-state index in [1.54, 1.807) is 4.90 Å². The first-order chi connectivity index (χ1) is 12.8. The van der Waals surface area contributed by atoms with Gasteiger partial charge in [0.25, 0.3) is 0 Å². The summed E-state index contributed by atoms with van der Waals surface area (Å²) in [5, 5.41) is 0. The fourth-order valence-electron chi connectivity index (χ4n) is 4.20. The van der Waals surface area contributed by atoms with Gasteiger partial charge in [0.15, 0.2) is 11.6 Å². The molecule has 6 heteroatoms. The molecule has 2 heterocycles. The fraction of sp³-hybridized carbons (Fsp3) is 0.619. The van der Waals surface area contributed by atoms with Crippen LogP contribution in [0.2, 0.25) is 0 Å². The number of benzene rings is 1. The van der Waals surface area contributed by atoms with Crippen molar-refractivity contribution in [3.8, 4) is 0 Å². The van der Waals surface area contributed by atoms with Gasteiger partial charge >= 0.3 is 0 Å². The number of halogens is 2. The molecule has 1 aromatic carbocycles. The quantitative estimate of drug-likeness (QED) is 0.783. The molecular weight excluding hydrogens is 350 g/mol. The Hall–Kier alpha value is -1.98. The maximum atomic E-state index is 13.5. The number of carbonyl (C=O) groups excluding carboxylic acids is 2. The molecule has 148 valence electrons. The zero-order valence-electron chi connectivity index (χ0n) is 16.1. The average molecular weight is 378 g/mol. The molecule has 3 rings (SSSR count). The van der Waals surface area contributed by atoms with Crippen molar-refractivity contribution in [2.24, 2.45) is 11.3 Å². The van der Waals surface area contributed by atoms with E-state index in [2.05, 4.69) is 13.8 Å². The predicted octanol–water partition coefficient (Wildman–Crippen LogP) is 3.74.